The highest BCUT2D eigenvalue weighted by molar-refractivity contribution is 5.71. The van der Waals surface area contributed by atoms with Gasteiger partial charge in [0.15, 0.2) is 6.10 Å². The van der Waals surface area contributed by atoms with Crippen molar-refractivity contribution < 1.29 is 28.6 Å². The summed E-state index contributed by atoms with van der Waals surface area (Å²) in [4.78, 5) is 38.3. The number of ether oxygens (including phenoxy) is 3. The smallest absolute Gasteiger partial charge is 0.306 e. The van der Waals surface area contributed by atoms with Gasteiger partial charge in [-0.1, -0.05) is 356 Å². The fraction of sp³-hybridized carbons (Fsp3) is 0.779. The van der Waals surface area contributed by atoms with E-state index in [2.05, 4.69) is 106 Å². The molecule has 1 atom stereocenters. The van der Waals surface area contributed by atoms with Crippen LogP contribution in [0.2, 0.25) is 0 Å². The predicted molar refractivity (Wildman–Crippen MR) is 362 cm³/mol. The third kappa shape index (κ3) is 69.3. The summed E-state index contributed by atoms with van der Waals surface area (Å²) in [5.41, 5.74) is 0. The van der Waals surface area contributed by atoms with E-state index in [1.165, 1.54) is 225 Å². The lowest BCUT2D eigenvalue weighted by molar-refractivity contribution is -0.167. The van der Waals surface area contributed by atoms with Crippen molar-refractivity contribution in [2.75, 3.05) is 13.2 Å². The van der Waals surface area contributed by atoms with E-state index in [0.717, 1.165) is 103 Å². The minimum Gasteiger partial charge on any atom is -0.462 e. The van der Waals surface area contributed by atoms with Gasteiger partial charge in [-0.2, -0.15) is 0 Å². The van der Waals surface area contributed by atoms with Crippen molar-refractivity contribution in [1.29, 1.82) is 0 Å². The van der Waals surface area contributed by atoms with Gasteiger partial charge in [-0.05, 0) is 77.0 Å². The summed E-state index contributed by atoms with van der Waals surface area (Å²) in [6, 6.07) is 0. The molecule has 0 aliphatic carbocycles. The molecule has 0 N–H and O–H groups in total. The Hall–Kier alpha value is -3.41. The summed E-state index contributed by atoms with van der Waals surface area (Å²) in [5.74, 6) is -0.856. The molecule has 0 aromatic rings. The molecule has 0 rings (SSSR count). The molecule has 0 bridgehead atoms. The van der Waals surface area contributed by atoms with E-state index in [4.69, 9.17) is 14.2 Å². The van der Waals surface area contributed by atoms with Crippen LogP contribution >= 0.6 is 0 Å². The normalized spacial score (nSPS) is 12.6. The SMILES string of the molecule is CC/C=C\C/C=C\C/C=C\C/C=C\C/C=C\C/C=C\C/C=C\CCCCCCCCCCCCCC(=O)OCC(COC(=O)CCCCCCCCCCC)OC(=O)CCCCCCCCCCCCCCCCCCCCCCCCC. The van der Waals surface area contributed by atoms with E-state index in [1.807, 2.05) is 0 Å². The van der Waals surface area contributed by atoms with Crippen LogP contribution in [0.15, 0.2) is 85.1 Å². The molecule has 0 amide bonds. The van der Waals surface area contributed by atoms with Crippen LogP contribution in [0.25, 0.3) is 0 Å². The van der Waals surface area contributed by atoms with Crippen molar-refractivity contribution in [3.63, 3.8) is 0 Å². The van der Waals surface area contributed by atoms with Gasteiger partial charge in [-0.25, -0.2) is 0 Å². The monoisotopic (exact) mass is 1160 g/mol. The molecule has 0 aromatic carbocycles. The molecule has 0 fully saturated rings. The average Bonchev–Trinajstić information content (AvgIpc) is 3.49. The molecule has 0 aromatic heterocycles. The highest BCUT2D eigenvalue weighted by Crippen LogP contribution is 2.18. The Balaban J connectivity index is 4.13. The van der Waals surface area contributed by atoms with Crippen LogP contribution < -0.4 is 0 Å². The van der Waals surface area contributed by atoms with Crippen LogP contribution in [-0.4, -0.2) is 37.2 Å². The molecule has 0 heterocycles. The summed E-state index contributed by atoms with van der Waals surface area (Å²) >= 11 is 0. The van der Waals surface area contributed by atoms with Crippen LogP contribution in [-0.2, 0) is 28.6 Å². The van der Waals surface area contributed by atoms with E-state index in [-0.39, 0.29) is 31.1 Å². The fourth-order valence-corrected chi connectivity index (χ4v) is 10.5. The molecule has 0 aliphatic heterocycles. The third-order valence-electron chi connectivity index (χ3n) is 15.9. The van der Waals surface area contributed by atoms with E-state index >= 15 is 0 Å². The Morgan fingerprint density at radius 3 is 0.735 bits per heavy atom. The minimum atomic E-state index is -0.774. The Morgan fingerprint density at radius 1 is 0.253 bits per heavy atom. The third-order valence-corrected chi connectivity index (χ3v) is 15.9. The summed E-state index contributed by atoms with van der Waals surface area (Å²) in [5, 5.41) is 0. The zero-order valence-electron chi connectivity index (χ0n) is 55.2. The first-order valence-corrected chi connectivity index (χ1v) is 36.1. The van der Waals surface area contributed by atoms with Crippen LogP contribution in [0.3, 0.4) is 0 Å². The largest absolute Gasteiger partial charge is 0.462 e. The van der Waals surface area contributed by atoms with Crippen molar-refractivity contribution in [2.45, 2.75) is 374 Å². The molecule has 6 nitrogen and oxygen atoms in total. The van der Waals surface area contributed by atoms with E-state index < -0.39 is 6.10 Å². The summed E-state index contributed by atoms with van der Waals surface area (Å²) < 4.78 is 16.9. The second-order valence-electron chi connectivity index (χ2n) is 24.1. The second-order valence-corrected chi connectivity index (χ2v) is 24.1. The van der Waals surface area contributed by atoms with Gasteiger partial charge in [0.05, 0.1) is 0 Å². The lowest BCUT2D eigenvalue weighted by Crippen LogP contribution is -2.30. The second kappa shape index (κ2) is 71.1. The number of rotatable bonds is 66. The maximum atomic E-state index is 12.9. The Labute approximate surface area is 515 Å². The van der Waals surface area contributed by atoms with Gasteiger partial charge in [-0.3, -0.25) is 14.4 Å². The molecular formula is C77H136O6. The summed E-state index contributed by atoms with van der Waals surface area (Å²) in [7, 11) is 0. The van der Waals surface area contributed by atoms with Crippen molar-refractivity contribution in [3.05, 3.63) is 85.1 Å². The molecule has 0 aliphatic rings. The number of carbonyl (C=O) groups excluding carboxylic acids is 3. The van der Waals surface area contributed by atoms with Crippen LogP contribution in [0.4, 0.5) is 0 Å². The lowest BCUT2D eigenvalue weighted by Gasteiger charge is -2.18. The zero-order chi connectivity index (χ0) is 59.9. The number of allylic oxidation sites excluding steroid dienone is 14. The highest BCUT2D eigenvalue weighted by atomic mass is 16.6. The number of carbonyl (C=O) groups is 3. The first-order chi connectivity index (χ1) is 41.0. The Kier molecular flexibility index (Phi) is 68.2. The Bertz CT molecular complexity index is 1570. The maximum Gasteiger partial charge on any atom is 0.306 e. The molecule has 0 saturated heterocycles. The lowest BCUT2D eigenvalue weighted by atomic mass is 10.0. The van der Waals surface area contributed by atoms with Gasteiger partial charge in [0.1, 0.15) is 13.2 Å². The number of hydrogen-bond donors (Lipinski definition) is 0. The molecule has 0 radical (unpaired) electrons. The minimum absolute atomic E-state index is 0.0711. The number of esters is 3. The molecular weight excluding hydrogens is 1020 g/mol. The van der Waals surface area contributed by atoms with E-state index in [9.17, 15) is 14.4 Å². The van der Waals surface area contributed by atoms with Gasteiger partial charge in [0, 0.05) is 19.3 Å². The molecule has 480 valence electrons. The van der Waals surface area contributed by atoms with Crippen molar-refractivity contribution >= 4 is 17.9 Å². The van der Waals surface area contributed by atoms with Gasteiger partial charge < -0.3 is 14.2 Å². The quantitative estimate of drug-likeness (QED) is 0.0261. The molecule has 0 saturated carbocycles. The number of hydrogen-bond acceptors (Lipinski definition) is 6. The summed E-state index contributed by atoms with van der Waals surface area (Å²) in [6.45, 7) is 6.56. The zero-order valence-corrected chi connectivity index (χ0v) is 55.2. The summed E-state index contributed by atoms with van der Waals surface area (Å²) in [6.07, 6.45) is 94.9. The predicted octanol–water partition coefficient (Wildman–Crippen LogP) is 25.0. The molecule has 1 unspecified atom stereocenters. The molecule has 6 heteroatoms. The van der Waals surface area contributed by atoms with Gasteiger partial charge >= 0.3 is 17.9 Å². The topological polar surface area (TPSA) is 78.9 Å². The van der Waals surface area contributed by atoms with Gasteiger partial charge in [0.25, 0.3) is 0 Å². The van der Waals surface area contributed by atoms with E-state index in [1.54, 1.807) is 0 Å². The molecule has 83 heavy (non-hydrogen) atoms. The van der Waals surface area contributed by atoms with Crippen LogP contribution in [0, 0.1) is 0 Å². The van der Waals surface area contributed by atoms with Crippen LogP contribution in [0.1, 0.15) is 367 Å². The van der Waals surface area contributed by atoms with E-state index in [0.29, 0.717) is 19.3 Å². The average molecular weight is 1160 g/mol. The first kappa shape index (κ1) is 79.6. The molecule has 0 spiro atoms. The van der Waals surface area contributed by atoms with Crippen molar-refractivity contribution in [1.82, 2.24) is 0 Å². The highest BCUT2D eigenvalue weighted by Gasteiger charge is 2.19. The fourth-order valence-electron chi connectivity index (χ4n) is 10.5. The maximum absolute atomic E-state index is 12.9. The van der Waals surface area contributed by atoms with Crippen molar-refractivity contribution in [3.8, 4) is 0 Å². The van der Waals surface area contributed by atoms with Gasteiger partial charge in [0.2, 0.25) is 0 Å². The number of unbranched alkanes of at least 4 members (excludes halogenated alkanes) is 41. The van der Waals surface area contributed by atoms with Gasteiger partial charge in [-0.15, -0.1) is 0 Å². The van der Waals surface area contributed by atoms with Crippen LogP contribution in [0.5, 0.6) is 0 Å². The standard InChI is InChI=1S/C77H136O6/c1-4-7-10-13-16-19-21-23-25-27-29-31-33-34-35-36-37-38-39-40-41-42-44-45-47-49-51-53-55-58-61-64-67-70-76(79)82-73-74(72-81-75(78)69-66-63-60-57-18-15-12-9-6-3)83-77(80)71-68-65-62-59-56-54-52-50-48-46-43-32-30-28-26-24-22-20-17-14-11-8-5-2/h7,10,16,19,23,25,29,31,34-35,37-38,40-41,74H,4-6,8-9,11-15,17-18,20-22,24,26-28,30,32-33,36,39,42-73H2,1-3H3/b10-7-,19-16-,25-23-,31-29-,35-34-,38-37-,41-40-. The first-order valence-electron chi connectivity index (χ1n) is 36.1. The Morgan fingerprint density at radius 2 is 0.470 bits per heavy atom. The van der Waals surface area contributed by atoms with Crippen molar-refractivity contribution in [2.24, 2.45) is 0 Å².